The number of benzene rings is 3. The summed E-state index contributed by atoms with van der Waals surface area (Å²) in [4.78, 5) is 12.2. The number of carbonyl (C=O) groups excluding carboxylic acids is 1. The summed E-state index contributed by atoms with van der Waals surface area (Å²) in [7, 11) is 0. The van der Waals surface area contributed by atoms with Crippen molar-refractivity contribution in [2.45, 2.75) is 24.3 Å². The van der Waals surface area contributed by atoms with Crippen LogP contribution in [0, 0.1) is 0 Å². The maximum Gasteiger partial charge on any atom is 0.416 e. The molecule has 0 spiro atoms. The van der Waals surface area contributed by atoms with Gasteiger partial charge >= 0.3 is 12.4 Å². The monoisotopic (exact) mass is 469 g/mol. The summed E-state index contributed by atoms with van der Waals surface area (Å²) >= 11 is 0. The SMILES string of the molecule is O=C(CF)NC(Cc1ccccc1)(c1cccc(C(F)(F)F)c1)c1cccc(C(F)(F)F)c1. The van der Waals surface area contributed by atoms with E-state index < -0.39 is 41.6 Å². The van der Waals surface area contributed by atoms with Gasteiger partial charge in [0.2, 0.25) is 0 Å². The lowest BCUT2D eigenvalue weighted by atomic mass is 9.77. The Balaban J connectivity index is 2.33. The lowest BCUT2D eigenvalue weighted by Crippen LogP contribution is -2.49. The van der Waals surface area contributed by atoms with E-state index in [1.807, 2.05) is 0 Å². The molecule has 1 N–H and O–H groups in total. The zero-order chi connectivity index (χ0) is 24.3. The van der Waals surface area contributed by atoms with Crippen molar-refractivity contribution in [2.75, 3.05) is 6.67 Å². The minimum Gasteiger partial charge on any atom is -0.340 e. The zero-order valence-electron chi connectivity index (χ0n) is 17.0. The third kappa shape index (κ3) is 5.53. The van der Waals surface area contributed by atoms with Gasteiger partial charge in [0.05, 0.1) is 16.7 Å². The lowest BCUT2D eigenvalue weighted by Gasteiger charge is -2.37. The fourth-order valence-corrected chi connectivity index (χ4v) is 3.65. The number of hydrogen-bond acceptors (Lipinski definition) is 1. The van der Waals surface area contributed by atoms with Crippen LogP contribution in [0.1, 0.15) is 27.8 Å². The van der Waals surface area contributed by atoms with Crippen molar-refractivity contribution in [2.24, 2.45) is 0 Å². The van der Waals surface area contributed by atoms with Crippen LogP contribution in [-0.4, -0.2) is 12.6 Å². The van der Waals surface area contributed by atoms with Crippen LogP contribution in [0.25, 0.3) is 0 Å². The highest BCUT2D eigenvalue weighted by molar-refractivity contribution is 5.79. The van der Waals surface area contributed by atoms with E-state index in [1.54, 1.807) is 30.3 Å². The Labute approximate surface area is 185 Å². The van der Waals surface area contributed by atoms with Gasteiger partial charge in [-0.3, -0.25) is 4.79 Å². The summed E-state index contributed by atoms with van der Waals surface area (Å²) in [5, 5.41) is 2.37. The molecule has 9 heteroatoms. The van der Waals surface area contributed by atoms with Crippen molar-refractivity contribution in [3.05, 3.63) is 107 Å². The Kier molecular flexibility index (Phi) is 6.81. The quantitative estimate of drug-likeness (QED) is 0.422. The van der Waals surface area contributed by atoms with Gasteiger partial charge in [-0.05, 0) is 41.0 Å². The fourth-order valence-electron chi connectivity index (χ4n) is 3.65. The second-order valence-corrected chi connectivity index (χ2v) is 7.41. The van der Waals surface area contributed by atoms with Crippen LogP contribution < -0.4 is 5.32 Å². The summed E-state index contributed by atoms with van der Waals surface area (Å²) in [5.41, 5.74) is -3.79. The van der Waals surface area contributed by atoms with E-state index in [0.717, 1.165) is 36.4 Å². The molecule has 33 heavy (non-hydrogen) atoms. The predicted molar refractivity (Wildman–Crippen MR) is 108 cm³/mol. The molecule has 0 saturated heterocycles. The highest BCUT2D eigenvalue weighted by Gasteiger charge is 2.40. The first-order valence-corrected chi connectivity index (χ1v) is 9.72. The molecule has 0 aromatic heterocycles. The predicted octanol–water partition coefficient (Wildman–Crippen LogP) is 6.30. The van der Waals surface area contributed by atoms with Crippen molar-refractivity contribution in [3.63, 3.8) is 0 Å². The molecule has 2 nitrogen and oxygen atoms in total. The van der Waals surface area contributed by atoms with Gasteiger partial charge in [0, 0.05) is 6.42 Å². The molecule has 0 saturated carbocycles. The molecule has 0 atom stereocenters. The number of rotatable bonds is 6. The second kappa shape index (κ2) is 9.25. The van der Waals surface area contributed by atoms with Gasteiger partial charge in [0.15, 0.2) is 6.67 Å². The standard InChI is InChI=1S/C24H18F7NO/c25-15-21(33)32-22(14-16-6-2-1-3-7-16,17-8-4-10-19(12-17)23(26,27)28)18-9-5-11-20(13-18)24(29,30)31/h1-13H,14-15H2,(H,32,33). The van der Waals surface area contributed by atoms with E-state index in [1.165, 1.54) is 12.1 Å². The number of carbonyl (C=O) groups is 1. The molecular formula is C24H18F7NO. The van der Waals surface area contributed by atoms with Crippen molar-refractivity contribution in [3.8, 4) is 0 Å². The lowest BCUT2D eigenvalue weighted by molar-refractivity contribution is -0.138. The van der Waals surface area contributed by atoms with Gasteiger partial charge in [-0.1, -0.05) is 54.6 Å². The Morgan fingerprint density at radius 3 is 1.55 bits per heavy atom. The topological polar surface area (TPSA) is 29.1 Å². The zero-order valence-corrected chi connectivity index (χ0v) is 17.0. The van der Waals surface area contributed by atoms with E-state index in [-0.39, 0.29) is 17.5 Å². The second-order valence-electron chi connectivity index (χ2n) is 7.41. The number of nitrogens with one attached hydrogen (secondary N) is 1. The normalized spacial score (nSPS) is 12.5. The van der Waals surface area contributed by atoms with Gasteiger partial charge in [-0.15, -0.1) is 0 Å². The van der Waals surface area contributed by atoms with Gasteiger partial charge in [0.1, 0.15) is 0 Å². The molecule has 174 valence electrons. The molecule has 3 aromatic carbocycles. The van der Waals surface area contributed by atoms with Crippen molar-refractivity contribution >= 4 is 5.91 Å². The Hall–Kier alpha value is -3.36. The summed E-state index contributed by atoms with van der Waals surface area (Å²) in [5.74, 6) is -1.18. The summed E-state index contributed by atoms with van der Waals surface area (Å²) in [6, 6.07) is 16.0. The van der Waals surface area contributed by atoms with Crippen LogP contribution in [0.5, 0.6) is 0 Å². The first-order chi connectivity index (χ1) is 15.5. The van der Waals surface area contributed by atoms with Gasteiger partial charge < -0.3 is 5.32 Å². The molecule has 0 aliphatic carbocycles. The molecule has 3 rings (SSSR count). The number of halogens is 7. The first kappa shape index (κ1) is 24.3. The highest BCUT2D eigenvalue weighted by atomic mass is 19.4. The van der Waals surface area contributed by atoms with Crippen molar-refractivity contribution in [1.82, 2.24) is 5.32 Å². The maximum atomic E-state index is 13.4. The maximum absolute atomic E-state index is 13.4. The van der Waals surface area contributed by atoms with Crippen LogP contribution in [0.15, 0.2) is 78.9 Å². The summed E-state index contributed by atoms with van der Waals surface area (Å²) < 4.78 is 93.9. The molecular weight excluding hydrogens is 451 g/mol. The van der Waals surface area contributed by atoms with Crippen LogP contribution in [0.4, 0.5) is 30.7 Å². The average Bonchev–Trinajstić information content (AvgIpc) is 2.78. The third-order valence-electron chi connectivity index (χ3n) is 5.15. The van der Waals surface area contributed by atoms with Crippen LogP contribution in [0.2, 0.25) is 0 Å². The third-order valence-corrected chi connectivity index (χ3v) is 5.15. The largest absolute Gasteiger partial charge is 0.416 e. The van der Waals surface area contributed by atoms with E-state index in [9.17, 15) is 35.5 Å². The molecule has 0 unspecified atom stereocenters. The number of amides is 1. The molecule has 0 fully saturated rings. The van der Waals surface area contributed by atoms with Gasteiger partial charge in [0.25, 0.3) is 5.91 Å². The molecule has 0 aliphatic rings. The van der Waals surface area contributed by atoms with Gasteiger partial charge in [-0.2, -0.15) is 26.3 Å². The van der Waals surface area contributed by atoms with Crippen LogP contribution in [-0.2, 0) is 29.1 Å². The fraction of sp³-hybridized carbons (Fsp3) is 0.208. The number of alkyl halides is 7. The molecule has 0 radical (unpaired) electrons. The summed E-state index contributed by atoms with van der Waals surface area (Å²) in [6.07, 6.45) is -9.71. The van der Waals surface area contributed by atoms with E-state index in [4.69, 9.17) is 0 Å². The van der Waals surface area contributed by atoms with Crippen LogP contribution >= 0.6 is 0 Å². The summed E-state index contributed by atoms with van der Waals surface area (Å²) in [6.45, 7) is -1.51. The highest BCUT2D eigenvalue weighted by Crippen LogP contribution is 2.39. The Morgan fingerprint density at radius 2 is 1.12 bits per heavy atom. The first-order valence-electron chi connectivity index (χ1n) is 9.72. The van der Waals surface area contributed by atoms with Crippen LogP contribution in [0.3, 0.4) is 0 Å². The average molecular weight is 469 g/mol. The Morgan fingerprint density at radius 1 is 0.667 bits per heavy atom. The van der Waals surface area contributed by atoms with Gasteiger partial charge in [-0.25, -0.2) is 4.39 Å². The molecule has 0 bridgehead atoms. The van der Waals surface area contributed by atoms with E-state index >= 15 is 0 Å². The van der Waals surface area contributed by atoms with E-state index in [2.05, 4.69) is 5.32 Å². The number of hydrogen-bond donors (Lipinski definition) is 1. The molecule has 0 heterocycles. The molecule has 3 aromatic rings. The Bertz CT molecular complexity index is 1050. The van der Waals surface area contributed by atoms with Crippen molar-refractivity contribution in [1.29, 1.82) is 0 Å². The van der Waals surface area contributed by atoms with E-state index in [0.29, 0.717) is 5.56 Å². The minimum atomic E-state index is -4.74. The molecule has 0 aliphatic heterocycles. The van der Waals surface area contributed by atoms with Crippen molar-refractivity contribution < 1.29 is 35.5 Å². The smallest absolute Gasteiger partial charge is 0.340 e. The molecule has 1 amide bonds. The minimum absolute atomic E-state index is 0.137.